The molecule has 0 fully saturated rings. The summed E-state index contributed by atoms with van der Waals surface area (Å²) >= 11 is 2.59. The molecule has 0 radical (unpaired) electrons. The van der Waals surface area contributed by atoms with Gasteiger partial charge in [0.15, 0.2) is 16.3 Å². The Balaban J connectivity index is -0.000000245. The van der Waals surface area contributed by atoms with E-state index in [1.165, 1.54) is 0 Å². The van der Waals surface area contributed by atoms with Crippen molar-refractivity contribution in [2.45, 2.75) is 20.3 Å². The Hall–Kier alpha value is 0.950. The largest absolute Gasteiger partial charge is 1.00 e. The fourth-order valence-corrected chi connectivity index (χ4v) is 0.497. The molecule has 0 aromatic carbocycles. The summed E-state index contributed by atoms with van der Waals surface area (Å²) in [6, 6.07) is 0. The molecular formula is C5H10BrNaO2. The van der Waals surface area contributed by atoms with Gasteiger partial charge in [0.25, 0.3) is 0 Å². The predicted octanol–water partition coefficient (Wildman–Crippen LogP) is -0.998. The number of halogens is 1. The van der Waals surface area contributed by atoms with Crippen LogP contribution < -0.4 is 29.6 Å². The van der Waals surface area contributed by atoms with E-state index < -0.39 is 0 Å². The third-order valence-corrected chi connectivity index (χ3v) is 1.02. The molecule has 0 aromatic rings. The molecule has 0 N–H and O–H groups in total. The van der Waals surface area contributed by atoms with Crippen LogP contribution in [0.25, 0.3) is 0 Å². The molecule has 2 nitrogen and oxygen atoms in total. The van der Waals surface area contributed by atoms with Gasteiger partial charge >= 0.3 is 35.5 Å². The van der Waals surface area contributed by atoms with E-state index in [9.17, 15) is 4.79 Å². The monoisotopic (exact) mass is 204 g/mol. The summed E-state index contributed by atoms with van der Waals surface area (Å²) in [5.74, 6) is 0.167. The topological polar surface area (TPSA) is 26.3 Å². The Kier molecular flexibility index (Phi) is 9.89. The second-order valence-electron chi connectivity index (χ2n) is 2.05. The van der Waals surface area contributed by atoms with Crippen molar-refractivity contribution < 1.29 is 39.6 Å². The first-order valence-corrected chi connectivity index (χ1v) is 3.13. The van der Waals surface area contributed by atoms with Crippen LogP contribution in [-0.2, 0) is 8.62 Å². The normalized spacial score (nSPS) is 8.44. The fraction of sp³-hybridized carbons (Fsp3) is 0.800. The van der Waals surface area contributed by atoms with Gasteiger partial charge in [-0.05, 0) is 5.92 Å². The van der Waals surface area contributed by atoms with E-state index in [2.05, 4.69) is 20.1 Å². The van der Waals surface area contributed by atoms with Crippen LogP contribution in [0.4, 0.5) is 0 Å². The van der Waals surface area contributed by atoms with Gasteiger partial charge in [0.2, 0.25) is 0 Å². The minimum atomic E-state index is -0.208. The van der Waals surface area contributed by atoms with Crippen molar-refractivity contribution in [3.8, 4) is 0 Å². The number of carbonyl (C=O) groups is 1. The summed E-state index contributed by atoms with van der Waals surface area (Å²) in [5.41, 5.74) is 0. The van der Waals surface area contributed by atoms with Crippen molar-refractivity contribution in [3.05, 3.63) is 0 Å². The van der Waals surface area contributed by atoms with E-state index in [1.54, 1.807) is 0 Å². The Morgan fingerprint density at radius 3 is 2.33 bits per heavy atom. The van der Waals surface area contributed by atoms with E-state index in [0.29, 0.717) is 12.3 Å². The SMILES string of the molecule is CC(C)CC(=O)OBr.[H-].[Na+]. The molecule has 0 rings (SSSR count). The molecule has 0 amide bonds. The number of carbonyl (C=O) groups excluding carboxylic acids is 1. The van der Waals surface area contributed by atoms with Gasteiger partial charge in [-0.3, -0.25) is 4.79 Å². The zero-order chi connectivity index (χ0) is 6.57. The van der Waals surface area contributed by atoms with Crippen LogP contribution in [0.1, 0.15) is 21.7 Å². The Labute approximate surface area is 87.6 Å². The van der Waals surface area contributed by atoms with Crippen LogP contribution in [-0.4, -0.2) is 5.97 Å². The van der Waals surface area contributed by atoms with Gasteiger partial charge in [0, 0.05) is 6.42 Å². The minimum absolute atomic E-state index is 0. The van der Waals surface area contributed by atoms with Crippen molar-refractivity contribution in [2.24, 2.45) is 5.92 Å². The van der Waals surface area contributed by atoms with Gasteiger partial charge in [-0.15, -0.1) is 0 Å². The van der Waals surface area contributed by atoms with E-state index in [4.69, 9.17) is 0 Å². The first-order chi connectivity index (χ1) is 3.66. The predicted molar refractivity (Wildman–Crippen MR) is 35.6 cm³/mol. The number of hydrogen-bond donors (Lipinski definition) is 0. The number of rotatable bonds is 2. The van der Waals surface area contributed by atoms with Crippen LogP contribution in [0, 0.1) is 5.92 Å². The molecule has 0 aromatic heterocycles. The van der Waals surface area contributed by atoms with Gasteiger partial charge in [-0.25, -0.2) is 0 Å². The summed E-state index contributed by atoms with van der Waals surface area (Å²) in [7, 11) is 0. The van der Waals surface area contributed by atoms with E-state index in [1.807, 2.05) is 13.8 Å². The molecule has 0 unspecified atom stereocenters. The maximum atomic E-state index is 10.4. The molecule has 0 saturated carbocycles. The molecule has 0 saturated heterocycles. The zero-order valence-corrected chi connectivity index (χ0v) is 9.56. The van der Waals surface area contributed by atoms with E-state index >= 15 is 0 Å². The standard InChI is InChI=1S/C5H9BrO2.Na.H/c1-4(2)3-5(7)8-6;;/h4H,3H2,1-2H3;;/q;+1;-1. The van der Waals surface area contributed by atoms with Gasteiger partial charge in [0.1, 0.15) is 0 Å². The van der Waals surface area contributed by atoms with Crippen molar-refractivity contribution in [1.82, 2.24) is 0 Å². The maximum absolute atomic E-state index is 10.4. The third kappa shape index (κ3) is 8.95. The average Bonchev–Trinajstić information content (AvgIpc) is 1.65. The van der Waals surface area contributed by atoms with Crippen molar-refractivity contribution in [3.63, 3.8) is 0 Å². The van der Waals surface area contributed by atoms with Crippen LogP contribution in [0.3, 0.4) is 0 Å². The van der Waals surface area contributed by atoms with Gasteiger partial charge in [0.05, 0.1) is 0 Å². The smallest absolute Gasteiger partial charge is 1.00 e. The first-order valence-electron chi connectivity index (χ1n) is 2.48. The molecule has 0 aliphatic carbocycles. The third-order valence-electron chi connectivity index (χ3n) is 0.661. The summed E-state index contributed by atoms with van der Waals surface area (Å²) in [4.78, 5) is 10.4. The summed E-state index contributed by atoms with van der Waals surface area (Å²) in [5, 5.41) is 0. The Bertz CT molecular complexity index is 89.7. The Morgan fingerprint density at radius 2 is 2.22 bits per heavy atom. The minimum Gasteiger partial charge on any atom is -1.00 e. The average molecular weight is 205 g/mol. The van der Waals surface area contributed by atoms with Crippen molar-refractivity contribution in [1.29, 1.82) is 0 Å². The molecule has 0 spiro atoms. The first kappa shape index (κ1) is 12.6. The summed E-state index contributed by atoms with van der Waals surface area (Å²) < 4.78 is 4.23. The van der Waals surface area contributed by atoms with Crippen molar-refractivity contribution >= 4 is 22.2 Å². The molecule has 0 heterocycles. The quantitative estimate of drug-likeness (QED) is 0.540. The van der Waals surface area contributed by atoms with Gasteiger partial charge in [-0.1, -0.05) is 13.8 Å². The summed E-state index contributed by atoms with van der Waals surface area (Å²) in [6.45, 7) is 3.92. The summed E-state index contributed by atoms with van der Waals surface area (Å²) in [6.07, 6.45) is 0.477. The van der Waals surface area contributed by atoms with Crippen LogP contribution in [0.5, 0.6) is 0 Å². The fourth-order valence-electron chi connectivity index (χ4n) is 0.365. The Morgan fingerprint density at radius 1 is 1.78 bits per heavy atom. The van der Waals surface area contributed by atoms with Crippen LogP contribution >= 0.6 is 16.3 Å². The molecule has 4 heteroatoms. The van der Waals surface area contributed by atoms with E-state index in [-0.39, 0.29) is 37.0 Å². The van der Waals surface area contributed by atoms with Crippen molar-refractivity contribution in [2.75, 3.05) is 0 Å². The van der Waals surface area contributed by atoms with Crippen LogP contribution in [0.15, 0.2) is 0 Å². The zero-order valence-electron chi connectivity index (χ0n) is 6.98. The molecule has 0 atom stereocenters. The van der Waals surface area contributed by atoms with E-state index in [0.717, 1.165) is 0 Å². The molecule has 9 heavy (non-hydrogen) atoms. The van der Waals surface area contributed by atoms with Crippen LogP contribution in [0.2, 0.25) is 0 Å². The molecular weight excluding hydrogens is 195 g/mol. The second-order valence-corrected chi connectivity index (χ2v) is 2.37. The molecule has 0 aliphatic rings. The maximum Gasteiger partial charge on any atom is 1.00 e. The molecule has 0 bridgehead atoms. The second kappa shape index (κ2) is 7.06. The molecule has 0 aliphatic heterocycles. The van der Waals surface area contributed by atoms with Gasteiger partial charge in [-0.2, -0.15) is 0 Å². The van der Waals surface area contributed by atoms with Gasteiger partial charge < -0.3 is 5.25 Å². The number of hydrogen-bond acceptors (Lipinski definition) is 2. The molecule has 50 valence electrons.